The maximum absolute atomic E-state index is 13.2. The van der Waals surface area contributed by atoms with Gasteiger partial charge in [-0.05, 0) is 29.5 Å². The first-order valence-electron chi connectivity index (χ1n) is 10.0. The Bertz CT molecular complexity index is 1040. The largest absolute Gasteiger partial charge is 0.469 e. The van der Waals surface area contributed by atoms with Gasteiger partial charge in [0.25, 0.3) is 0 Å². The van der Waals surface area contributed by atoms with Crippen molar-refractivity contribution >= 4 is 28.4 Å². The molecule has 3 atom stereocenters. The van der Waals surface area contributed by atoms with Gasteiger partial charge in [-0.3, -0.25) is 9.59 Å². The van der Waals surface area contributed by atoms with E-state index in [1.807, 2.05) is 18.2 Å². The number of aromatic nitrogens is 1. The van der Waals surface area contributed by atoms with Crippen LogP contribution >= 0.6 is 0 Å². The van der Waals surface area contributed by atoms with Crippen LogP contribution in [-0.2, 0) is 29.2 Å². The van der Waals surface area contributed by atoms with Gasteiger partial charge in [0.2, 0.25) is 11.7 Å². The summed E-state index contributed by atoms with van der Waals surface area (Å²) in [4.78, 5) is 30.1. The lowest BCUT2D eigenvalue weighted by molar-refractivity contribution is -0.238. The molecule has 1 fully saturated rings. The van der Waals surface area contributed by atoms with Crippen molar-refractivity contribution in [2.75, 3.05) is 21.3 Å². The highest BCUT2D eigenvalue weighted by molar-refractivity contribution is 6.00. The minimum absolute atomic E-state index is 0.0160. The average molecular weight is 413 g/mol. The summed E-state index contributed by atoms with van der Waals surface area (Å²) in [5, 5.41) is 0. The van der Waals surface area contributed by atoms with Crippen molar-refractivity contribution in [3.8, 4) is 0 Å². The molecule has 0 radical (unpaired) electrons. The van der Waals surface area contributed by atoms with Gasteiger partial charge < -0.3 is 18.6 Å². The first-order chi connectivity index (χ1) is 14.2. The molecular weight excluding hydrogens is 386 g/mol. The summed E-state index contributed by atoms with van der Waals surface area (Å²) in [5.41, 5.74) is 3.26. The normalized spacial score (nSPS) is 25.5. The number of rotatable bonds is 4. The van der Waals surface area contributed by atoms with Gasteiger partial charge in [0.05, 0.1) is 24.9 Å². The van der Waals surface area contributed by atoms with Crippen LogP contribution in [-0.4, -0.2) is 43.9 Å². The molecule has 0 N–H and O–H groups in total. The summed E-state index contributed by atoms with van der Waals surface area (Å²) in [7, 11) is 4.20. The molecule has 7 nitrogen and oxygen atoms in total. The summed E-state index contributed by atoms with van der Waals surface area (Å²) in [5.74, 6) is -3.60. The van der Waals surface area contributed by atoms with E-state index in [1.54, 1.807) is 6.08 Å². The lowest BCUT2D eigenvalue weighted by atomic mass is 9.61. The van der Waals surface area contributed by atoms with Gasteiger partial charge in [0, 0.05) is 19.8 Å². The number of hydrogen-bond donors (Lipinski definition) is 0. The van der Waals surface area contributed by atoms with Gasteiger partial charge >= 0.3 is 5.97 Å². The molecule has 3 aliphatic carbocycles. The molecule has 0 saturated heterocycles. The van der Waals surface area contributed by atoms with Crippen LogP contribution in [0.25, 0.3) is 16.7 Å². The van der Waals surface area contributed by atoms with Crippen LogP contribution in [0.5, 0.6) is 0 Å². The number of allylic oxidation sites excluding steroid dienone is 1. The summed E-state index contributed by atoms with van der Waals surface area (Å²) in [6.07, 6.45) is 2.12. The van der Waals surface area contributed by atoms with E-state index in [9.17, 15) is 9.59 Å². The fraction of sp³-hybridized carbons (Fsp3) is 0.522. The van der Waals surface area contributed by atoms with Crippen molar-refractivity contribution in [1.29, 1.82) is 0 Å². The Morgan fingerprint density at radius 1 is 1.20 bits per heavy atom. The second kappa shape index (κ2) is 7.03. The topological polar surface area (TPSA) is 87.9 Å². The standard InChI is InChI=1S/C23H27NO6/c1-22(2,3)12-7-8-18-17(9-12)24-20(30-18)15-10-13-14(21(26)27-4)11-16(15)23(28-5,29-6)19(13)25/h7-10,13-14,16H,11H2,1-6H3/t13-,14-,16-/m0/s1. The molecule has 1 aromatic carbocycles. The van der Waals surface area contributed by atoms with Crippen molar-refractivity contribution in [3.63, 3.8) is 0 Å². The minimum Gasteiger partial charge on any atom is -0.469 e. The number of carbonyl (C=O) groups is 2. The summed E-state index contributed by atoms with van der Waals surface area (Å²) in [6, 6.07) is 5.97. The molecule has 2 aromatic rings. The fourth-order valence-corrected chi connectivity index (χ4v) is 4.68. The summed E-state index contributed by atoms with van der Waals surface area (Å²) in [6.45, 7) is 6.42. The van der Waals surface area contributed by atoms with Gasteiger partial charge in [-0.2, -0.15) is 0 Å². The number of ether oxygens (including phenoxy) is 3. The molecule has 7 heteroatoms. The number of hydrogen-bond acceptors (Lipinski definition) is 7. The number of benzene rings is 1. The highest BCUT2D eigenvalue weighted by Gasteiger charge is 2.62. The van der Waals surface area contributed by atoms with Crippen LogP contribution in [0.1, 0.15) is 38.6 Å². The Morgan fingerprint density at radius 3 is 2.50 bits per heavy atom. The Labute approximate surface area is 175 Å². The van der Waals surface area contributed by atoms with Crippen LogP contribution in [0.2, 0.25) is 0 Å². The molecule has 2 bridgehead atoms. The molecule has 0 amide bonds. The summed E-state index contributed by atoms with van der Waals surface area (Å²) >= 11 is 0. The molecule has 1 saturated carbocycles. The van der Waals surface area contributed by atoms with Gasteiger partial charge in [-0.25, -0.2) is 4.98 Å². The number of methoxy groups -OCH3 is 3. The minimum atomic E-state index is -1.48. The second-order valence-electron chi connectivity index (χ2n) is 8.96. The van der Waals surface area contributed by atoms with Crippen molar-refractivity contribution in [2.45, 2.75) is 38.4 Å². The van der Waals surface area contributed by atoms with E-state index in [0.29, 0.717) is 17.9 Å². The van der Waals surface area contributed by atoms with E-state index in [1.165, 1.54) is 21.3 Å². The number of fused-ring (bicyclic) bond motifs is 3. The molecule has 30 heavy (non-hydrogen) atoms. The van der Waals surface area contributed by atoms with E-state index in [-0.39, 0.29) is 11.2 Å². The highest BCUT2D eigenvalue weighted by atomic mass is 16.7. The van der Waals surface area contributed by atoms with E-state index >= 15 is 0 Å². The molecule has 1 aromatic heterocycles. The molecule has 0 aliphatic heterocycles. The highest BCUT2D eigenvalue weighted by Crippen LogP contribution is 2.53. The molecule has 3 aliphatic rings. The Balaban J connectivity index is 1.83. The lowest BCUT2D eigenvalue weighted by Crippen LogP contribution is -2.61. The van der Waals surface area contributed by atoms with Crippen LogP contribution < -0.4 is 0 Å². The zero-order valence-electron chi connectivity index (χ0n) is 18.1. The maximum Gasteiger partial charge on any atom is 0.309 e. The van der Waals surface area contributed by atoms with Crippen molar-refractivity contribution in [2.24, 2.45) is 17.8 Å². The number of oxazole rings is 1. The number of ketones is 1. The zero-order valence-corrected chi connectivity index (χ0v) is 18.1. The van der Waals surface area contributed by atoms with Gasteiger partial charge in [-0.1, -0.05) is 32.9 Å². The van der Waals surface area contributed by atoms with Gasteiger partial charge in [0.15, 0.2) is 11.4 Å². The molecular formula is C23H27NO6. The molecule has 0 spiro atoms. The van der Waals surface area contributed by atoms with E-state index in [0.717, 1.165) is 16.7 Å². The first kappa shape index (κ1) is 20.8. The quantitative estimate of drug-likeness (QED) is 0.560. The van der Waals surface area contributed by atoms with Crippen LogP contribution in [0.3, 0.4) is 0 Å². The van der Waals surface area contributed by atoms with E-state index in [2.05, 4.69) is 20.8 Å². The molecule has 1 heterocycles. The third-order valence-electron chi connectivity index (χ3n) is 6.37. The van der Waals surface area contributed by atoms with E-state index < -0.39 is 29.5 Å². The Kier molecular flexibility index (Phi) is 4.86. The SMILES string of the molecule is COC(=O)[C@H]1C[C@H]2C(c3nc4cc(C(C)(C)C)ccc4o3)=C[C@@H]1C(=O)C2(OC)OC. The number of carbonyl (C=O) groups excluding carboxylic acids is 2. The predicted octanol–water partition coefficient (Wildman–Crippen LogP) is 3.51. The number of nitrogens with zero attached hydrogens (tertiary/aromatic N) is 1. The average Bonchev–Trinajstić information content (AvgIpc) is 3.16. The maximum atomic E-state index is 13.2. The Hall–Kier alpha value is -2.51. The van der Waals surface area contributed by atoms with Gasteiger partial charge in [-0.15, -0.1) is 0 Å². The third-order valence-corrected chi connectivity index (χ3v) is 6.37. The monoisotopic (exact) mass is 413 g/mol. The van der Waals surface area contributed by atoms with Crippen molar-refractivity contribution < 1.29 is 28.2 Å². The van der Waals surface area contributed by atoms with Crippen LogP contribution in [0.4, 0.5) is 0 Å². The predicted molar refractivity (Wildman–Crippen MR) is 110 cm³/mol. The van der Waals surface area contributed by atoms with Crippen molar-refractivity contribution in [3.05, 3.63) is 35.7 Å². The summed E-state index contributed by atoms with van der Waals surface area (Å²) < 4.78 is 22.2. The van der Waals surface area contributed by atoms with Crippen LogP contribution in [0, 0.1) is 17.8 Å². The smallest absolute Gasteiger partial charge is 0.309 e. The lowest BCUT2D eigenvalue weighted by Gasteiger charge is -2.48. The van der Waals surface area contributed by atoms with Crippen molar-refractivity contribution in [1.82, 2.24) is 4.98 Å². The van der Waals surface area contributed by atoms with E-state index in [4.69, 9.17) is 23.6 Å². The zero-order chi connectivity index (χ0) is 21.8. The number of esters is 1. The van der Waals surface area contributed by atoms with Gasteiger partial charge in [0.1, 0.15) is 5.52 Å². The second-order valence-corrected chi connectivity index (χ2v) is 8.96. The molecule has 5 rings (SSSR count). The number of Topliss-reactive ketones (excluding diaryl/α,β-unsaturated/α-hetero) is 1. The Morgan fingerprint density at radius 2 is 1.90 bits per heavy atom. The van der Waals surface area contributed by atoms with Crippen LogP contribution in [0.15, 0.2) is 28.7 Å². The third kappa shape index (κ3) is 2.91. The fourth-order valence-electron chi connectivity index (χ4n) is 4.68. The first-order valence-corrected chi connectivity index (χ1v) is 10.0. The molecule has 160 valence electrons. The molecule has 0 unspecified atom stereocenters.